The Morgan fingerprint density at radius 2 is 1.83 bits per heavy atom. The normalized spacial score (nSPS) is 24.4. The second kappa shape index (κ2) is 4.19. The zero-order chi connectivity index (χ0) is 13.5. The third kappa shape index (κ3) is 1.82. The van der Waals surface area contributed by atoms with Crippen LogP contribution in [0, 0.1) is 11.3 Å². The third-order valence-electron chi connectivity index (χ3n) is 3.86. The Labute approximate surface area is 107 Å². The Morgan fingerprint density at radius 3 is 2.28 bits per heavy atom. The summed E-state index contributed by atoms with van der Waals surface area (Å²) in [5, 5.41) is 9.19. The number of carboxylic acids is 1. The van der Waals surface area contributed by atoms with Gasteiger partial charge in [0.15, 0.2) is 11.5 Å². The second-order valence-electron chi connectivity index (χ2n) is 5.23. The van der Waals surface area contributed by atoms with Crippen molar-refractivity contribution >= 4 is 5.97 Å². The molecule has 4 nitrogen and oxygen atoms in total. The van der Waals surface area contributed by atoms with Crippen LogP contribution in [0.15, 0.2) is 18.2 Å². The topological polar surface area (TPSA) is 55.8 Å². The molecular weight excluding hydrogens is 232 g/mol. The van der Waals surface area contributed by atoms with Crippen LogP contribution in [-0.2, 0) is 4.79 Å². The van der Waals surface area contributed by atoms with E-state index in [0.717, 1.165) is 5.56 Å². The molecule has 18 heavy (non-hydrogen) atoms. The minimum Gasteiger partial charge on any atom is -0.493 e. The molecule has 0 heterocycles. The molecule has 2 unspecified atom stereocenters. The summed E-state index contributed by atoms with van der Waals surface area (Å²) in [6.45, 7) is 3.96. The van der Waals surface area contributed by atoms with Gasteiger partial charge >= 0.3 is 5.97 Å². The quantitative estimate of drug-likeness (QED) is 0.892. The Morgan fingerprint density at radius 1 is 1.22 bits per heavy atom. The standard InChI is InChI=1S/C14H18O4/c1-14(2)11(12(14)13(15)16)8-5-6-9(17-3)10(7-8)18-4/h5-7,11-12H,1-4H3,(H,15,16). The highest BCUT2D eigenvalue weighted by molar-refractivity contribution is 5.77. The largest absolute Gasteiger partial charge is 0.493 e. The maximum absolute atomic E-state index is 11.2. The molecule has 0 aliphatic heterocycles. The third-order valence-corrected chi connectivity index (χ3v) is 3.86. The van der Waals surface area contributed by atoms with Crippen LogP contribution in [0.5, 0.6) is 11.5 Å². The molecule has 0 spiro atoms. The molecule has 2 atom stereocenters. The Kier molecular flexibility index (Phi) is 2.97. The van der Waals surface area contributed by atoms with E-state index >= 15 is 0 Å². The van der Waals surface area contributed by atoms with Crippen LogP contribution < -0.4 is 9.47 Å². The number of rotatable bonds is 4. The molecule has 0 saturated heterocycles. The lowest BCUT2D eigenvalue weighted by molar-refractivity contribution is -0.139. The van der Waals surface area contributed by atoms with Crippen LogP contribution in [0.1, 0.15) is 25.3 Å². The van der Waals surface area contributed by atoms with Gasteiger partial charge < -0.3 is 14.6 Å². The first kappa shape index (κ1) is 12.7. The van der Waals surface area contributed by atoms with Gasteiger partial charge in [-0.3, -0.25) is 4.79 Å². The van der Waals surface area contributed by atoms with Crippen LogP contribution >= 0.6 is 0 Å². The van der Waals surface area contributed by atoms with Crippen molar-refractivity contribution in [3.8, 4) is 11.5 Å². The van der Waals surface area contributed by atoms with Crippen molar-refractivity contribution < 1.29 is 19.4 Å². The number of hydrogen-bond acceptors (Lipinski definition) is 3. The lowest BCUT2D eigenvalue weighted by atomic mass is 10.0. The number of methoxy groups -OCH3 is 2. The van der Waals surface area contributed by atoms with Gasteiger partial charge in [-0.05, 0) is 23.1 Å². The highest BCUT2D eigenvalue weighted by atomic mass is 16.5. The zero-order valence-electron chi connectivity index (χ0n) is 11.1. The number of ether oxygens (including phenoxy) is 2. The first-order chi connectivity index (χ1) is 8.43. The van der Waals surface area contributed by atoms with Gasteiger partial charge in [-0.2, -0.15) is 0 Å². The number of benzene rings is 1. The van der Waals surface area contributed by atoms with E-state index in [1.165, 1.54) is 0 Å². The number of hydrogen-bond donors (Lipinski definition) is 1. The van der Waals surface area contributed by atoms with E-state index in [2.05, 4.69) is 0 Å². The minimum absolute atomic E-state index is 0.0369. The second-order valence-corrected chi connectivity index (χ2v) is 5.23. The van der Waals surface area contributed by atoms with E-state index in [1.807, 2.05) is 32.0 Å². The van der Waals surface area contributed by atoms with Gasteiger partial charge in [0.1, 0.15) is 0 Å². The molecular formula is C14H18O4. The molecule has 4 heteroatoms. The van der Waals surface area contributed by atoms with Crippen LogP contribution in [0.2, 0.25) is 0 Å². The Hall–Kier alpha value is -1.71. The summed E-state index contributed by atoms with van der Waals surface area (Å²) < 4.78 is 10.4. The van der Waals surface area contributed by atoms with Crippen molar-refractivity contribution in [3.05, 3.63) is 23.8 Å². The molecule has 2 rings (SSSR count). The summed E-state index contributed by atoms with van der Waals surface area (Å²) in [6, 6.07) is 5.60. The van der Waals surface area contributed by atoms with Crippen LogP contribution in [0.25, 0.3) is 0 Å². The molecule has 1 aliphatic carbocycles. The average molecular weight is 250 g/mol. The van der Waals surface area contributed by atoms with E-state index in [-0.39, 0.29) is 17.3 Å². The molecule has 1 aliphatic rings. The number of carboxylic acid groups (broad SMARTS) is 1. The van der Waals surface area contributed by atoms with Crippen molar-refractivity contribution in [2.24, 2.45) is 11.3 Å². The monoisotopic (exact) mass is 250 g/mol. The first-order valence-electron chi connectivity index (χ1n) is 5.88. The summed E-state index contributed by atoms with van der Waals surface area (Å²) in [7, 11) is 3.16. The fourth-order valence-corrected chi connectivity index (χ4v) is 2.77. The minimum atomic E-state index is -0.736. The van der Waals surface area contributed by atoms with Crippen molar-refractivity contribution in [2.75, 3.05) is 14.2 Å². The summed E-state index contributed by atoms with van der Waals surface area (Å²) >= 11 is 0. The van der Waals surface area contributed by atoms with E-state index in [4.69, 9.17) is 9.47 Å². The number of aliphatic carboxylic acids is 1. The van der Waals surface area contributed by atoms with E-state index in [0.29, 0.717) is 11.5 Å². The van der Waals surface area contributed by atoms with Crippen LogP contribution in [0.3, 0.4) is 0 Å². The maximum Gasteiger partial charge on any atom is 0.307 e. The molecule has 98 valence electrons. The highest BCUT2D eigenvalue weighted by Gasteiger charge is 2.62. The number of carbonyl (C=O) groups is 1. The van der Waals surface area contributed by atoms with Gasteiger partial charge in [0.2, 0.25) is 0 Å². The van der Waals surface area contributed by atoms with Crippen LogP contribution in [-0.4, -0.2) is 25.3 Å². The lowest BCUT2D eigenvalue weighted by Crippen LogP contribution is -2.03. The summed E-state index contributed by atoms with van der Waals surface area (Å²) in [6.07, 6.45) is 0. The predicted molar refractivity (Wildman–Crippen MR) is 67.2 cm³/mol. The molecule has 0 bridgehead atoms. The fraction of sp³-hybridized carbons (Fsp3) is 0.500. The molecule has 1 saturated carbocycles. The summed E-state index contributed by atoms with van der Waals surface area (Å²) in [5.41, 5.74) is 0.788. The lowest BCUT2D eigenvalue weighted by Gasteiger charge is -2.10. The summed E-state index contributed by atoms with van der Waals surface area (Å²) in [5.74, 6) is 0.276. The fourth-order valence-electron chi connectivity index (χ4n) is 2.77. The molecule has 0 amide bonds. The Bertz CT molecular complexity index is 479. The van der Waals surface area contributed by atoms with Crippen molar-refractivity contribution in [1.29, 1.82) is 0 Å². The zero-order valence-corrected chi connectivity index (χ0v) is 11.1. The molecule has 1 aromatic carbocycles. The van der Waals surface area contributed by atoms with Crippen molar-refractivity contribution in [1.82, 2.24) is 0 Å². The molecule has 1 N–H and O–H groups in total. The van der Waals surface area contributed by atoms with Crippen LogP contribution in [0.4, 0.5) is 0 Å². The van der Waals surface area contributed by atoms with E-state index in [9.17, 15) is 9.90 Å². The Balaban J connectivity index is 2.34. The van der Waals surface area contributed by atoms with Gasteiger partial charge in [-0.15, -0.1) is 0 Å². The van der Waals surface area contributed by atoms with Gasteiger partial charge in [0.25, 0.3) is 0 Å². The van der Waals surface area contributed by atoms with Crippen molar-refractivity contribution in [3.63, 3.8) is 0 Å². The molecule has 1 aromatic rings. The SMILES string of the molecule is COc1ccc(C2C(C(=O)O)C2(C)C)cc1OC. The predicted octanol–water partition coefficient (Wildman–Crippen LogP) is 2.53. The van der Waals surface area contributed by atoms with E-state index in [1.54, 1.807) is 14.2 Å². The maximum atomic E-state index is 11.2. The smallest absolute Gasteiger partial charge is 0.307 e. The van der Waals surface area contributed by atoms with Crippen molar-refractivity contribution in [2.45, 2.75) is 19.8 Å². The summed E-state index contributed by atoms with van der Waals surface area (Å²) in [4.78, 5) is 11.2. The molecule has 1 fully saturated rings. The average Bonchev–Trinajstić information content (AvgIpc) is 2.91. The molecule has 0 aromatic heterocycles. The van der Waals surface area contributed by atoms with Gasteiger partial charge in [-0.25, -0.2) is 0 Å². The molecule has 0 radical (unpaired) electrons. The van der Waals surface area contributed by atoms with Gasteiger partial charge in [0.05, 0.1) is 20.1 Å². The first-order valence-corrected chi connectivity index (χ1v) is 5.88. The van der Waals surface area contributed by atoms with Gasteiger partial charge in [0, 0.05) is 5.92 Å². The highest BCUT2D eigenvalue weighted by Crippen LogP contribution is 2.64. The van der Waals surface area contributed by atoms with Gasteiger partial charge in [-0.1, -0.05) is 19.9 Å². The van der Waals surface area contributed by atoms with E-state index < -0.39 is 5.97 Å².